The molecule has 1 heterocycles. The van der Waals surface area contributed by atoms with E-state index in [2.05, 4.69) is 6.92 Å². The molecule has 0 saturated carbocycles. The van der Waals surface area contributed by atoms with Gasteiger partial charge >= 0.3 is 0 Å². The molecule has 1 aromatic carbocycles. The van der Waals surface area contributed by atoms with Crippen molar-refractivity contribution in [3.63, 3.8) is 0 Å². The summed E-state index contributed by atoms with van der Waals surface area (Å²) in [6, 6.07) is 7.62. The number of ether oxygens (including phenoxy) is 1. The van der Waals surface area contributed by atoms with Crippen molar-refractivity contribution in [2.24, 2.45) is 0 Å². The molecule has 1 aliphatic rings. The fourth-order valence-corrected chi connectivity index (χ4v) is 2.11. The van der Waals surface area contributed by atoms with E-state index >= 15 is 0 Å². The zero-order valence-corrected chi connectivity index (χ0v) is 8.44. The van der Waals surface area contributed by atoms with Crippen LogP contribution in [0.15, 0.2) is 24.3 Å². The van der Waals surface area contributed by atoms with Crippen molar-refractivity contribution in [1.29, 1.82) is 0 Å². The van der Waals surface area contributed by atoms with Crippen LogP contribution in [0.5, 0.6) is 5.75 Å². The Morgan fingerprint density at radius 3 is 2.86 bits per heavy atom. The first-order valence-corrected chi connectivity index (χ1v) is 5.17. The van der Waals surface area contributed by atoms with E-state index in [9.17, 15) is 5.11 Å². The average Bonchev–Trinajstić information content (AvgIpc) is 2.18. The second-order valence-corrected chi connectivity index (χ2v) is 3.96. The Bertz CT molecular complexity index is 309. The number of hydrogen-bond acceptors (Lipinski definition) is 2. The minimum atomic E-state index is 0.313. The molecule has 1 aliphatic heterocycles. The first-order chi connectivity index (χ1) is 6.77. The third-order valence-corrected chi connectivity index (χ3v) is 2.86. The number of benzene rings is 1. The predicted molar refractivity (Wildman–Crippen MR) is 55.5 cm³/mol. The van der Waals surface area contributed by atoms with Gasteiger partial charge in [-0.1, -0.05) is 18.2 Å². The molecule has 0 aromatic heterocycles. The molecule has 1 saturated heterocycles. The Labute approximate surface area is 84.5 Å². The zero-order valence-electron chi connectivity index (χ0n) is 8.44. The molecule has 2 atom stereocenters. The third kappa shape index (κ3) is 1.90. The number of para-hydroxylation sites is 1. The van der Waals surface area contributed by atoms with Crippen molar-refractivity contribution in [1.82, 2.24) is 0 Å². The normalized spacial score (nSPS) is 27.5. The van der Waals surface area contributed by atoms with E-state index in [1.54, 1.807) is 6.07 Å². The highest BCUT2D eigenvalue weighted by atomic mass is 16.5. The fraction of sp³-hybridized carbons (Fsp3) is 0.500. The summed E-state index contributed by atoms with van der Waals surface area (Å²) >= 11 is 0. The van der Waals surface area contributed by atoms with Crippen LogP contribution in [-0.4, -0.2) is 17.8 Å². The van der Waals surface area contributed by atoms with Crippen LogP contribution < -0.4 is 0 Å². The molecule has 2 heteroatoms. The first kappa shape index (κ1) is 9.53. The molecule has 1 N–H and O–H groups in total. The number of phenols is 1. The van der Waals surface area contributed by atoms with Gasteiger partial charge in [-0.3, -0.25) is 0 Å². The van der Waals surface area contributed by atoms with E-state index in [1.807, 2.05) is 18.2 Å². The van der Waals surface area contributed by atoms with E-state index in [1.165, 1.54) is 0 Å². The van der Waals surface area contributed by atoms with Crippen LogP contribution >= 0.6 is 0 Å². The van der Waals surface area contributed by atoms with Crippen molar-refractivity contribution in [3.05, 3.63) is 29.8 Å². The van der Waals surface area contributed by atoms with E-state index < -0.39 is 0 Å². The van der Waals surface area contributed by atoms with Gasteiger partial charge in [-0.05, 0) is 37.3 Å². The lowest BCUT2D eigenvalue weighted by Crippen LogP contribution is -2.21. The van der Waals surface area contributed by atoms with E-state index in [0.717, 1.165) is 25.0 Å². The van der Waals surface area contributed by atoms with Crippen LogP contribution in [0.1, 0.15) is 31.2 Å². The molecule has 14 heavy (non-hydrogen) atoms. The van der Waals surface area contributed by atoms with E-state index in [4.69, 9.17) is 4.74 Å². The Hall–Kier alpha value is -1.02. The third-order valence-electron chi connectivity index (χ3n) is 2.86. The number of hydrogen-bond donors (Lipinski definition) is 1. The summed E-state index contributed by atoms with van der Waals surface area (Å²) in [7, 11) is 0. The van der Waals surface area contributed by atoms with Crippen molar-refractivity contribution in [2.75, 3.05) is 6.61 Å². The zero-order chi connectivity index (χ0) is 9.97. The second kappa shape index (κ2) is 4.01. The standard InChI is InChI=1S/C12H16O2/c1-9-8-10(6-7-14-9)11-4-2-3-5-12(11)13/h2-5,9-10,13H,6-8H2,1H3. The molecule has 0 amide bonds. The number of rotatable bonds is 1. The first-order valence-electron chi connectivity index (χ1n) is 5.17. The lowest BCUT2D eigenvalue weighted by Gasteiger charge is -2.27. The Morgan fingerprint density at radius 1 is 1.36 bits per heavy atom. The van der Waals surface area contributed by atoms with Gasteiger partial charge in [-0.15, -0.1) is 0 Å². The van der Waals surface area contributed by atoms with Gasteiger partial charge in [0.1, 0.15) is 5.75 Å². The SMILES string of the molecule is CC1CC(c2ccccc2O)CCO1. The summed E-state index contributed by atoms with van der Waals surface area (Å²) in [6.07, 6.45) is 2.34. The molecule has 76 valence electrons. The lowest BCUT2D eigenvalue weighted by molar-refractivity contribution is 0.0183. The summed E-state index contributed by atoms with van der Waals surface area (Å²) in [5.41, 5.74) is 1.07. The van der Waals surface area contributed by atoms with Crippen molar-refractivity contribution in [2.45, 2.75) is 31.8 Å². The van der Waals surface area contributed by atoms with Crippen LogP contribution in [0, 0.1) is 0 Å². The van der Waals surface area contributed by atoms with Crippen LogP contribution in [0.2, 0.25) is 0 Å². The van der Waals surface area contributed by atoms with Gasteiger partial charge in [0.2, 0.25) is 0 Å². The summed E-state index contributed by atoms with van der Waals surface area (Å²) in [5.74, 6) is 0.881. The number of phenolic OH excluding ortho intramolecular Hbond substituents is 1. The Morgan fingerprint density at radius 2 is 2.14 bits per heavy atom. The van der Waals surface area contributed by atoms with Crippen molar-refractivity contribution in [3.8, 4) is 5.75 Å². The highest BCUT2D eigenvalue weighted by Gasteiger charge is 2.22. The molecule has 0 spiro atoms. The van der Waals surface area contributed by atoms with E-state index in [0.29, 0.717) is 17.8 Å². The van der Waals surface area contributed by atoms with Gasteiger partial charge < -0.3 is 9.84 Å². The molecule has 2 nitrogen and oxygen atoms in total. The maximum absolute atomic E-state index is 9.71. The lowest BCUT2D eigenvalue weighted by atomic mass is 9.88. The van der Waals surface area contributed by atoms with Gasteiger partial charge in [0, 0.05) is 6.61 Å². The summed E-state index contributed by atoms with van der Waals surface area (Å²) in [4.78, 5) is 0. The molecule has 2 unspecified atom stereocenters. The highest BCUT2D eigenvalue weighted by molar-refractivity contribution is 5.35. The molecule has 1 aromatic rings. The summed E-state index contributed by atoms with van der Waals surface area (Å²) in [5, 5.41) is 9.71. The molecule has 0 radical (unpaired) electrons. The van der Waals surface area contributed by atoms with Gasteiger partial charge in [0.15, 0.2) is 0 Å². The van der Waals surface area contributed by atoms with Gasteiger partial charge in [0.25, 0.3) is 0 Å². The fourth-order valence-electron chi connectivity index (χ4n) is 2.11. The van der Waals surface area contributed by atoms with Gasteiger partial charge in [-0.25, -0.2) is 0 Å². The predicted octanol–water partition coefficient (Wildman–Crippen LogP) is 2.67. The summed E-state index contributed by atoms with van der Waals surface area (Å²) in [6.45, 7) is 2.90. The Kier molecular flexibility index (Phi) is 2.73. The average molecular weight is 192 g/mol. The maximum atomic E-state index is 9.71. The topological polar surface area (TPSA) is 29.5 Å². The maximum Gasteiger partial charge on any atom is 0.119 e. The quantitative estimate of drug-likeness (QED) is 0.741. The Balaban J connectivity index is 2.18. The highest BCUT2D eigenvalue weighted by Crippen LogP contribution is 2.34. The molecule has 0 aliphatic carbocycles. The minimum absolute atomic E-state index is 0.313. The van der Waals surface area contributed by atoms with Gasteiger partial charge in [0.05, 0.1) is 6.10 Å². The van der Waals surface area contributed by atoms with Crippen LogP contribution in [0.3, 0.4) is 0 Å². The molecule has 2 rings (SSSR count). The largest absolute Gasteiger partial charge is 0.508 e. The molecular weight excluding hydrogens is 176 g/mol. The van der Waals surface area contributed by atoms with Crippen LogP contribution in [-0.2, 0) is 4.74 Å². The molecule has 0 bridgehead atoms. The second-order valence-electron chi connectivity index (χ2n) is 3.96. The van der Waals surface area contributed by atoms with Crippen molar-refractivity contribution >= 4 is 0 Å². The smallest absolute Gasteiger partial charge is 0.119 e. The summed E-state index contributed by atoms with van der Waals surface area (Å²) < 4.78 is 5.49. The monoisotopic (exact) mass is 192 g/mol. The number of aromatic hydroxyl groups is 1. The molecular formula is C12H16O2. The van der Waals surface area contributed by atoms with Crippen LogP contribution in [0.4, 0.5) is 0 Å². The van der Waals surface area contributed by atoms with E-state index in [-0.39, 0.29) is 0 Å². The van der Waals surface area contributed by atoms with Gasteiger partial charge in [-0.2, -0.15) is 0 Å². The van der Waals surface area contributed by atoms with Crippen LogP contribution in [0.25, 0.3) is 0 Å². The minimum Gasteiger partial charge on any atom is -0.508 e. The van der Waals surface area contributed by atoms with Crippen molar-refractivity contribution < 1.29 is 9.84 Å². The molecule has 1 fully saturated rings.